The van der Waals surface area contributed by atoms with Gasteiger partial charge in [-0.15, -0.1) is 0 Å². The molecule has 1 aliphatic rings. The molecule has 0 bridgehead atoms. The molecule has 100 valence electrons. The molecule has 5 nitrogen and oxygen atoms in total. The van der Waals surface area contributed by atoms with Gasteiger partial charge in [-0.05, 0) is 26.0 Å². The molecule has 1 unspecified atom stereocenters. The van der Waals surface area contributed by atoms with Crippen LogP contribution in [0.5, 0.6) is 5.75 Å². The number of nitrogens with one attached hydrogen (secondary N) is 2. The van der Waals surface area contributed by atoms with Gasteiger partial charge >= 0.3 is 0 Å². The van der Waals surface area contributed by atoms with Gasteiger partial charge in [0.1, 0.15) is 0 Å². The van der Waals surface area contributed by atoms with Crippen molar-refractivity contribution in [3.63, 3.8) is 0 Å². The van der Waals surface area contributed by atoms with Gasteiger partial charge in [0, 0.05) is 25.3 Å². The summed E-state index contributed by atoms with van der Waals surface area (Å²) in [5.41, 5.74) is 0. The maximum Gasteiger partial charge on any atom is 0.168 e. The summed E-state index contributed by atoms with van der Waals surface area (Å²) >= 11 is 0. The molecular formula is C13H21N3O2. The van der Waals surface area contributed by atoms with E-state index < -0.39 is 0 Å². The molecule has 1 aliphatic heterocycles. The number of aromatic nitrogens is 1. The van der Waals surface area contributed by atoms with E-state index in [0.717, 1.165) is 37.9 Å². The van der Waals surface area contributed by atoms with E-state index in [1.807, 2.05) is 26.0 Å². The molecule has 1 aromatic heterocycles. The molecule has 18 heavy (non-hydrogen) atoms. The van der Waals surface area contributed by atoms with Crippen LogP contribution in [0.1, 0.15) is 13.8 Å². The zero-order valence-electron chi connectivity index (χ0n) is 11.0. The highest BCUT2D eigenvalue weighted by Gasteiger charge is 2.14. The van der Waals surface area contributed by atoms with Crippen LogP contribution in [-0.4, -0.2) is 43.4 Å². The van der Waals surface area contributed by atoms with E-state index in [2.05, 4.69) is 15.6 Å². The first-order chi connectivity index (χ1) is 8.75. The standard InChI is InChI=1S/C13H21N3O2/c1-10(2)18-12-4-3-5-15-13(12)16-8-11-9-17-7-6-14-11/h3-5,10-11,14H,6-9H2,1-2H3,(H,15,16). The van der Waals surface area contributed by atoms with Crippen molar-refractivity contribution < 1.29 is 9.47 Å². The van der Waals surface area contributed by atoms with Crippen LogP contribution in [0.3, 0.4) is 0 Å². The van der Waals surface area contributed by atoms with Crippen molar-refractivity contribution in [3.05, 3.63) is 18.3 Å². The van der Waals surface area contributed by atoms with E-state index in [4.69, 9.17) is 9.47 Å². The van der Waals surface area contributed by atoms with Crippen molar-refractivity contribution in [1.29, 1.82) is 0 Å². The summed E-state index contributed by atoms with van der Waals surface area (Å²) < 4.78 is 11.1. The molecule has 0 spiro atoms. The molecule has 0 amide bonds. The average molecular weight is 251 g/mol. The fraction of sp³-hybridized carbons (Fsp3) is 0.615. The second-order valence-corrected chi connectivity index (χ2v) is 4.62. The van der Waals surface area contributed by atoms with Crippen LogP contribution in [0.25, 0.3) is 0 Å². The summed E-state index contributed by atoms with van der Waals surface area (Å²) in [7, 11) is 0. The molecule has 1 saturated heterocycles. The van der Waals surface area contributed by atoms with Crippen LogP contribution in [0.15, 0.2) is 18.3 Å². The van der Waals surface area contributed by atoms with Gasteiger partial charge in [-0.25, -0.2) is 4.98 Å². The van der Waals surface area contributed by atoms with Crippen molar-refractivity contribution in [2.75, 3.05) is 31.6 Å². The lowest BCUT2D eigenvalue weighted by atomic mass is 10.2. The minimum atomic E-state index is 0.144. The quantitative estimate of drug-likeness (QED) is 0.825. The lowest BCUT2D eigenvalue weighted by molar-refractivity contribution is 0.0806. The number of morpholine rings is 1. The number of pyridine rings is 1. The Labute approximate surface area is 108 Å². The molecular weight excluding hydrogens is 230 g/mol. The summed E-state index contributed by atoms with van der Waals surface area (Å²) in [5, 5.41) is 6.70. The zero-order valence-corrected chi connectivity index (χ0v) is 11.0. The molecule has 1 atom stereocenters. The van der Waals surface area contributed by atoms with E-state index in [1.54, 1.807) is 6.20 Å². The highest BCUT2D eigenvalue weighted by atomic mass is 16.5. The fourth-order valence-corrected chi connectivity index (χ4v) is 1.84. The highest BCUT2D eigenvalue weighted by molar-refractivity contribution is 5.49. The van der Waals surface area contributed by atoms with E-state index in [0.29, 0.717) is 6.04 Å². The van der Waals surface area contributed by atoms with Crippen molar-refractivity contribution in [1.82, 2.24) is 10.3 Å². The minimum absolute atomic E-state index is 0.144. The van der Waals surface area contributed by atoms with E-state index in [9.17, 15) is 0 Å². The molecule has 5 heteroatoms. The number of hydrogen-bond acceptors (Lipinski definition) is 5. The van der Waals surface area contributed by atoms with Crippen LogP contribution < -0.4 is 15.4 Å². The first-order valence-corrected chi connectivity index (χ1v) is 6.42. The molecule has 1 fully saturated rings. The Balaban J connectivity index is 1.91. The minimum Gasteiger partial charge on any atom is -0.487 e. The second-order valence-electron chi connectivity index (χ2n) is 4.62. The van der Waals surface area contributed by atoms with Crippen LogP contribution in [0, 0.1) is 0 Å². The smallest absolute Gasteiger partial charge is 0.168 e. The van der Waals surface area contributed by atoms with Crippen molar-refractivity contribution in [3.8, 4) is 5.75 Å². The van der Waals surface area contributed by atoms with Crippen LogP contribution in [0.4, 0.5) is 5.82 Å². The number of ether oxygens (including phenoxy) is 2. The SMILES string of the molecule is CC(C)Oc1cccnc1NCC1COCCN1. The summed E-state index contributed by atoms with van der Waals surface area (Å²) in [5.74, 6) is 1.59. The maximum absolute atomic E-state index is 5.71. The Morgan fingerprint density at radius 2 is 2.50 bits per heavy atom. The Hall–Kier alpha value is -1.33. The van der Waals surface area contributed by atoms with Crippen LogP contribution in [-0.2, 0) is 4.74 Å². The van der Waals surface area contributed by atoms with Crippen molar-refractivity contribution in [2.24, 2.45) is 0 Å². The van der Waals surface area contributed by atoms with E-state index in [1.165, 1.54) is 0 Å². The third-order valence-electron chi connectivity index (χ3n) is 2.65. The summed E-state index contributed by atoms with van der Waals surface area (Å²) in [6, 6.07) is 4.14. The normalized spacial score (nSPS) is 19.8. The van der Waals surface area contributed by atoms with Crippen LogP contribution in [0.2, 0.25) is 0 Å². The monoisotopic (exact) mass is 251 g/mol. The first kappa shape index (κ1) is 13.1. The zero-order chi connectivity index (χ0) is 12.8. The van der Waals surface area contributed by atoms with Crippen molar-refractivity contribution in [2.45, 2.75) is 26.0 Å². The number of hydrogen-bond donors (Lipinski definition) is 2. The summed E-state index contributed by atoms with van der Waals surface area (Å²) in [6.07, 6.45) is 1.91. The Morgan fingerprint density at radius 1 is 1.61 bits per heavy atom. The highest BCUT2D eigenvalue weighted by Crippen LogP contribution is 2.21. The van der Waals surface area contributed by atoms with Gasteiger partial charge in [-0.2, -0.15) is 0 Å². The lowest BCUT2D eigenvalue weighted by Crippen LogP contribution is -2.45. The predicted molar refractivity (Wildman–Crippen MR) is 71.1 cm³/mol. The summed E-state index contributed by atoms with van der Waals surface area (Å²) in [4.78, 5) is 4.31. The fourth-order valence-electron chi connectivity index (χ4n) is 1.84. The van der Waals surface area contributed by atoms with Gasteiger partial charge in [-0.1, -0.05) is 0 Å². The van der Waals surface area contributed by atoms with Gasteiger partial charge < -0.3 is 20.1 Å². The third-order valence-corrected chi connectivity index (χ3v) is 2.65. The van der Waals surface area contributed by atoms with Gasteiger partial charge in [-0.3, -0.25) is 0 Å². The van der Waals surface area contributed by atoms with Crippen LogP contribution >= 0.6 is 0 Å². The maximum atomic E-state index is 5.71. The van der Waals surface area contributed by atoms with E-state index in [-0.39, 0.29) is 6.10 Å². The second kappa shape index (κ2) is 6.56. The number of rotatable bonds is 5. The van der Waals surface area contributed by atoms with Gasteiger partial charge in [0.05, 0.1) is 19.3 Å². The lowest BCUT2D eigenvalue weighted by Gasteiger charge is -2.24. The average Bonchev–Trinajstić information content (AvgIpc) is 2.38. The molecule has 2 rings (SSSR count). The number of anilines is 1. The Kier molecular flexibility index (Phi) is 4.78. The first-order valence-electron chi connectivity index (χ1n) is 6.42. The molecule has 0 radical (unpaired) electrons. The molecule has 2 N–H and O–H groups in total. The van der Waals surface area contributed by atoms with E-state index >= 15 is 0 Å². The van der Waals surface area contributed by atoms with Gasteiger partial charge in [0.25, 0.3) is 0 Å². The van der Waals surface area contributed by atoms with Gasteiger partial charge in [0.15, 0.2) is 11.6 Å². The molecule has 0 aliphatic carbocycles. The van der Waals surface area contributed by atoms with Gasteiger partial charge in [0.2, 0.25) is 0 Å². The third kappa shape index (κ3) is 3.85. The van der Waals surface area contributed by atoms with Crippen molar-refractivity contribution >= 4 is 5.82 Å². The number of nitrogens with zero attached hydrogens (tertiary/aromatic N) is 1. The summed E-state index contributed by atoms with van der Waals surface area (Å²) in [6.45, 7) is 7.23. The molecule has 0 saturated carbocycles. The topological polar surface area (TPSA) is 55.4 Å². The molecule has 0 aromatic carbocycles. The Morgan fingerprint density at radius 3 is 3.22 bits per heavy atom. The molecule has 1 aromatic rings. The Bertz CT molecular complexity index is 365. The largest absolute Gasteiger partial charge is 0.487 e. The predicted octanol–water partition coefficient (Wildman–Crippen LogP) is 1.27. The molecule has 2 heterocycles.